The molecule has 0 aromatic carbocycles. The minimum absolute atomic E-state index is 0.0119. The van der Waals surface area contributed by atoms with Crippen molar-refractivity contribution >= 4 is 5.91 Å². The Hall–Kier alpha value is -0.610. The summed E-state index contributed by atoms with van der Waals surface area (Å²) in [5.41, 5.74) is -0.0466. The molecule has 0 aromatic heterocycles. The first-order valence-electron chi connectivity index (χ1n) is 6.17. The van der Waals surface area contributed by atoms with E-state index < -0.39 is 0 Å². The molecule has 1 amide bonds. The van der Waals surface area contributed by atoms with Gasteiger partial charge in [-0.2, -0.15) is 0 Å². The highest BCUT2D eigenvalue weighted by Gasteiger charge is 2.33. The van der Waals surface area contributed by atoms with Crippen LogP contribution in [-0.2, 0) is 4.79 Å². The Morgan fingerprint density at radius 3 is 2.56 bits per heavy atom. The molecule has 0 saturated heterocycles. The predicted octanol–water partition coefficient (Wildman–Crippen LogP) is 0.511. The summed E-state index contributed by atoms with van der Waals surface area (Å²) in [5.74, 6) is 0.0659. The number of aliphatic hydroxyl groups is 1. The largest absolute Gasteiger partial charge is 0.396 e. The molecule has 94 valence electrons. The molecule has 1 rings (SSSR count). The highest BCUT2D eigenvalue weighted by Crippen LogP contribution is 2.36. The van der Waals surface area contributed by atoms with Crippen LogP contribution in [0.25, 0.3) is 0 Å². The molecule has 1 atom stereocenters. The monoisotopic (exact) mass is 228 g/mol. The molecule has 0 heterocycles. The van der Waals surface area contributed by atoms with E-state index in [1.807, 2.05) is 14.0 Å². The van der Waals surface area contributed by atoms with Crippen molar-refractivity contribution in [3.8, 4) is 0 Å². The molecule has 1 saturated carbocycles. The van der Waals surface area contributed by atoms with Gasteiger partial charge in [-0.25, -0.2) is 0 Å². The Kier molecular flexibility index (Phi) is 5.22. The van der Waals surface area contributed by atoms with Gasteiger partial charge in [-0.15, -0.1) is 0 Å². The second kappa shape index (κ2) is 6.21. The number of nitrogens with one attached hydrogen (secondary N) is 2. The number of rotatable bonds is 6. The summed E-state index contributed by atoms with van der Waals surface area (Å²) in [6.45, 7) is 3.41. The Bertz CT molecular complexity index is 225. The molecule has 0 radical (unpaired) electrons. The van der Waals surface area contributed by atoms with Gasteiger partial charge in [0, 0.05) is 24.4 Å². The molecule has 1 fully saturated rings. The summed E-state index contributed by atoms with van der Waals surface area (Å²) in [6.07, 6.45) is 4.40. The highest BCUT2D eigenvalue weighted by atomic mass is 16.3. The number of hydrogen-bond donors (Lipinski definition) is 3. The van der Waals surface area contributed by atoms with Gasteiger partial charge in [0.05, 0.1) is 6.61 Å². The number of hydrogen-bond acceptors (Lipinski definition) is 3. The van der Waals surface area contributed by atoms with Crippen molar-refractivity contribution in [2.75, 3.05) is 26.7 Å². The van der Waals surface area contributed by atoms with Crippen LogP contribution in [0.3, 0.4) is 0 Å². The van der Waals surface area contributed by atoms with Gasteiger partial charge in [-0.1, -0.05) is 19.8 Å². The van der Waals surface area contributed by atoms with E-state index in [0.717, 1.165) is 12.8 Å². The summed E-state index contributed by atoms with van der Waals surface area (Å²) in [5, 5.41) is 15.4. The SMILES string of the molecule is CNCC(C)C(=O)NCC1(CO)CCCC1. The molecule has 4 heteroatoms. The summed E-state index contributed by atoms with van der Waals surface area (Å²) >= 11 is 0. The summed E-state index contributed by atoms with van der Waals surface area (Å²) in [7, 11) is 1.84. The van der Waals surface area contributed by atoms with E-state index >= 15 is 0 Å². The molecular formula is C12H24N2O2. The summed E-state index contributed by atoms with van der Waals surface area (Å²) < 4.78 is 0. The normalized spacial score (nSPS) is 20.7. The van der Waals surface area contributed by atoms with Crippen LogP contribution in [0.15, 0.2) is 0 Å². The molecule has 16 heavy (non-hydrogen) atoms. The van der Waals surface area contributed by atoms with Gasteiger partial charge in [-0.3, -0.25) is 4.79 Å². The van der Waals surface area contributed by atoms with E-state index in [1.165, 1.54) is 12.8 Å². The molecule has 1 aliphatic rings. The topological polar surface area (TPSA) is 61.4 Å². The van der Waals surface area contributed by atoms with Crippen LogP contribution in [0.5, 0.6) is 0 Å². The standard InChI is InChI=1S/C12H24N2O2/c1-10(7-13-2)11(16)14-8-12(9-15)5-3-4-6-12/h10,13,15H,3-9H2,1-2H3,(H,14,16). The van der Waals surface area contributed by atoms with Crippen molar-refractivity contribution in [3.63, 3.8) is 0 Å². The first kappa shape index (κ1) is 13.5. The van der Waals surface area contributed by atoms with Gasteiger partial charge in [0.15, 0.2) is 0 Å². The molecule has 1 aliphatic carbocycles. The summed E-state index contributed by atoms with van der Waals surface area (Å²) in [6, 6.07) is 0. The first-order chi connectivity index (χ1) is 7.63. The molecule has 1 unspecified atom stereocenters. The van der Waals surface area contributed by atoms with E-state index in [2.05, 4.69) is 10.6 Å². The van der Waals surface area contributed by atoms with Gasteiger partial charge < -0.3 is 15.7 Å². The Morgan fingerprint density at radius 2 is 2.06 bits per heavy atom. The fourth-order valence-electron chi connectivity index (χ4n) is 2.36. The second-order valence-corrected chi connectivity index (χ2v) is 5.04. The van der Waals surface area contributed by atoms with Crippen molar-refractivity contribution < 1.29 is 9.90 Å². The van der Waals surface area contributed by atoms with Crippen molar-refractivity contribution in [2.45, 2.75) is 32.6 Å². The minimum atomic E-state index is -0.0466. The third kappa shape index (κ3) is 3.46. The first-order valence-corrected chi connectivity index (χ1v) is 6.17. The van der Waals surface area contributed by atoms with Gasteiger partial charge in [0.2, 0.25) is 5.91 Å². The van der Waals surface area contributed by atoms with Crippen LogP contribution in [0.2, 0.25) is 0 Å². The molecule has 0 bridgehead atoms. The number of amides is 1. The lowest BCUT2D eigenvalue weighted by Gasteiger charge is -2.27. The lowest BCUT2D eigenvalue weighted by Crippen LogP contribution is -2.42. The second-order valence-electron chi connectivity index (χ2n) is 5.04. The molecule has 3 N–H and O–H groups in total. The zero-order valence-corrected chi connectivity index (χ0v) is 10.4. The molecular weight excluding hydrogens is 204 g/mol. The number of carbonyl (C=O) groups is 1. The molecule has 0 aliphatic heterocycles. The Balaban J connectivity index is 2.35. The van der Waals surface area contributed by atoms with Gasteiger partial charge >= 0.3 is 0 Å². The fraction of sp³-hybridized carbons (Fsp3) is 0.917. The smallest absolute Gasteiger partial charge is 0.224 e. The fourth-order valence-corrected chi connectivity index (χ4v) is 2.36. The maximum Gasteiger partial charge on any atom is 0.224 e. The third-order valence-electron chi connectivity index (χ3n) is 3.60. The zero-order valence-electron chi connectivity index (χ0n) is 10.4. The van der Waals surface area contributed by atoms with Crippen LogP contribution in [0.1, 0.15) is 32.6 Å². The van der Waals surface area contributed by atoms with Gasteiger partial charge in [-0.05, 0) is 19.9 Å². The molecule has 0 aromatic rings. The van der Waals surface area contributed by atoms with E-state index in [0.29, 0.717) is 13.1 Å². The van der Waals surface area contributed by atoms with Gasteiger partial charge in [0.25, 0.3) is 0 Å². The van der Waals surface area contributed by atoms with E-state index in [4.69, 9.17) is 0 Å². The van der Waals surface area contributed by atoms with E-state index in [-0.39, 0.29) is 23.8 Å². The molecule has 0 spiro atoms. The van der Waals surface area contributed by atoms with Crippen LogP contribution in [0, 0.1) is 11.3 Å². The van der Waals surface area contributed by atoms with Crippen LogP contribution in [-0.4, -0.2) is 37.8 Å². The predicted molar refractivity (Wildman–Crippen MR) is 64.1 cm³/mol. The zero-order chi connectivity index (χ0) is 12.0. The molecule has 4 nitrogen and oxygen atoms in total. The number of carbonyl (C=O) groups excluding carboxylic acids is 1. The van der Waals surface area contributed by atoms with Crippen molar-refractivity contribution in [3.05, 3.63) is 0 Å². The van der Waals surface area contributed by atoms with Crippen LogP contribution in [0.4, 0.5) is 0 Å². The van der Waals surface area contributed by atoms with Crippen LogP contribution >= 0.6 is 0 Å². The Morgan fingerprint density at radius 1 is 1.44 bits per heavy atom. The van der Waals surface area contributed by atoms with Crippen molar-refractivity contribution in [1.82, 2.24) is 10.6 Å². The maximum atomic E-state index is 11.7. The highest BCUT2D eigenvalue weighted by molar-refractivity contribution is 5.78. The van der Waals surface area contributed by atoms with E-state index in [1.54, 1.807) is 0 Å². The van der Waals surface area contributed by atoms with Crippen molar-refractivity contribution in [2.24, 2.45) is 11.3 Å². The number of aliphatic hydroxyl groups excluding tert-OH is 1. The third-order valence-corrected chi connectivity index (χ3v) is 3.60. The lowest BCUT2D eigenvalue weighted by atomic mass is 9.87. The quantitative estimate of drug-likeness (QED) is 0.621. The lowest BCUT2D eigenvalue weighted by molar-refractivity contribution is -0.125. The van der Waals surface area contributed by atoms with E-state index in [9.17, 15) is 9.90 Å². The van der Waals surface area contributed by atoms with Gasteiger partial charge in [0.1, 0.15) is 0 Å². The average Bonchev–Trinajstić information content (AvgIpc) is 2.75. The Labute approximate surface area is 97.8 Å². The maximum absolute atomic E-state index is 11.7. The minimum Gasteiger partial charge on any atom is -0.396 e. The summed E-state index contributed by atoms with van der Waals surface area (Å²) in [4.78, 5) is 11.7. The van der Waals surface area contributed by atoms with Crippen LogP contribution < -0.4 is 10.6 Å². The van der Waals surface area contributed by atoms with Crippen molar-refractivity contribution in [1.29, 1.82) is 0 Å². The average molecular weight is 228 g/mol.